The first-order valence-electron chi connectivity index (χ1n) is 7.64. The monoisotopic (exact) mass is 318 g/mol. The molecule has 1 fully saturated rings. The number of ether oxygens (including phenoxy) is 2. The van der Waals surface area contributed by atoms with Crippen molar-refractivity contribution in [3.8, 4) is 22.8 Å². The molecule has 0 unspecified atom stereocenters. The number of benzene rings is 1. The second-order valence-electron chi connectivity index (χ2n) is 5.75. The molecular weight excluding hydrogens is 296 g/mol. The number of hydrogen-bond donors (Lipinski definition) is 0. The van der Waals surface area contributed by atoms with E-state index in [1.165, 1.54) is 12.8 Å². The number of aromatic nitrogens is 1. The summed E-state index contributed by atoms with van der Waals surface area (Å²) in [4.78, 5) is 7.21. The highest BCUT2D eigenvalue weighted by Crippen LogP contribution is 2.36. The van der Waals surface area contributed by atoms with Crippen molar-refractivity contribution >= 4 is 16.5 Å². The Morgan fingerprint density at radius 1 is 1.18 bits per heavy atom. The maximum absolute atomic E-state index is 5.48. The largest absolute Gasteiger partial charge is 0.497 e. The lowest BCUT2D eigenvalue weighted by Gasteiger charge is -2.29. The van der Waals surface area contributed by atoms with E-state index < -0.39 is 0 Å². The highest BCUT2D eigenvalue weighted by atomic mass is 32.1. The number of nitrogens with zero attached hydrogens (tertiary/aromatic N) is 2. The molecule has 22 heavy (non-hydrogen) atoms. The van der Waals surface area contributed by atoms with Crippen molar-refractivity contribution in [2.45, 2.75) is 19.8 Å². The van der Waals surface area contributed by atoms with Gasteiger partial charge in [-0.15, -0.1) is 11.3 Å². The highest BCUT2D eigenvalue weighted by molar-refractivity contribution is 7.14. The van der Waals surface area contributed by atoms with E-state index in [0.717, 1.165) is 46.9 Å². The summed E-state index contributed by atoms with van der Waals surface area (Å²) in [6.45, 7) is 4.54. The minimum Gasteiger partial charge on any atom is -0.497 e. The van der Waals surface area contributed by atoms with Gasteiger partial charge in [0.05, 0.1) is 19.9 Å². The molecule has 2 aromatic rings. The van der Waals surface area contributed by atoms with Gasteiger partial charge in [-0.05, 0) is 30.9 Å². The molecule has 4 nitrogen and oxygen atoms in total. The van der Waals surface area contributed by atoms with Gasteiger partial charge in [0.1, 0.15) is 11.5 Å². The Kier molecular flexibility index (Phi) is 4.52. The van der Waals surface area contributed by atoms with E-state index in [0.29, 0.717) is 0 Å². The van der Waals surface area contributed by atoms with Gasteiger partial charge in [0.2, 0.25) is 0 Å². The van der Waals surface area contributed by atoms with Gasteiger partial charge in [-0.3, -0.25) is 0 Å². The molecule has 1 aliphatic heterocycles. The predicted octanol–water partition coefficient (Wildman–Crippen LogP) is 4.06. The average Bonchev–Trinajstić information content (AvgIpc) is 3.04. The van der Waals surface area contributed by atoms with Crippen molar-refractivity contribution in [1.82, 2.24) is 4.98 Å². The first-order chi connectivity index (χ1) is 10.7. The van der Waals surface area contributed by atoms with E-state index in [9.17, 15) is 0 Å². The lowest BCUT2D eigenvalue weighted by atomic mass is 10.00. The van der Waals surface area contributed by atoms with Crippen LogP contribution in [0.5, 0.6) is 11.5 Å². The van der Waals surface area contributed by atoms with E-state index in [1.54, 1.807) is 25.6 Å². The van der Waals surface area contributed by atoms with Crippen molar-refractivity contribution in [2.24, 2.45) is 5.92 Å². The zero-order valence-electron chi connectivity index (χ0n) is 13.3. The second kappa shape index (κ2) is 6.57. The quantitative estimate of drug-likeness (QED) is 0.851. The molecule has 0 spiro atoms. The fourth-order valence-electron chi connectivity index (χ4n) is 2.74. The van der Waals surface area contributed by atoms with Crippen LogP contribution in [-0.2, 0) is 0 Å². The Morgan fingerprint density at radius 3 is 2.64 bits per heavy atom. The molecule has 0 bridgehead atoms. The van der Waals surface area contributed by atoms with Gasteiger partial charge in [-0.25, -0.2) is 4.98 Å². The van der Waals surface area contributed by atoms with Gasteiger partial charge in [-0.2, -0.15) is 0 Å². The molecule has 2 heterocycles. The number of piperidine rings is 1. The molecular formula is C17H22N2O2S. The zero-order valence-corrected chi connectivity index (χ0v) is 14.2. The molecule has 1 aromatic heterocycles. The van der Waals surface area contributed by atoms with Crippen LogP contribution in [0.2, 0.25) is 0 Å². The van der Waals surface area contributed by atoms with Crippen LogP contribution in [0.15, 0.2) is 23.6 Å². The summed E-state index contributed by atoms with van der Waals surface area (Å²) in [5.41, 5.74) is 1.98. The first-order valence-corrected chi connectivity index (χ1v) is 8.52. The number of thiazole rings is 1. The molecule has 118 valence electrons. The lowest BCUT2D eigenvalue weighted by Crippen LogP contribution is -2.32. The van der Waals surface area contributed by atoms with Crippen molar-refractivity contribution < 1.29 is 9.47 Å². The topological polar surface area (TPSA) is 34.6 Å². The Bertz CT molecular complexity index is 633. The maximum atomic E-state index is 5.48. The second-order valence-corrected chi connectivity index (χ2v) is 6.59. The smallest absolute Gasteiger partial charge is 0.185 e. The van der Waals surface area contributed by atoms with Crippen molar-refractivity contribution in [2.75, 3.05) is 32.2 Å². The minimum absolute atomic E-state index is 0.793. The Labute approximate surface area is 135 Å². The molecule has 5 heteroatoms. The third kappa shape index (κ3) is 3.04. The molecule has 1 saturated heterocycles. The van der Waals surface area contributed by atoms with Crippen LogP contribution in [0.1, 0.15) is 19.8 Å². The van der Waals surface area contributed by atoms with Crippen LogP contribution in [0.4, 0.5) is 5.13 Å². The van der Waals surface area contributed by atoms with Gasteiger partial charge < -0.3 is 14.4 Å². The van der Waals surface area contributed by atoms with Gasteiger partial charge in [0.25, 0.3) is 0 Å². The first kappa shape index (κ1) is 15.2. The maximum Gasteiger partial charge on any atom is 0.185 e. The minimum atomic E-state index is 0.793. The van der Waals surface area contributed by atoms with E-state index in [4.69, 9.17) is 14.5 Å². The van der Waals surface area contributed by atoms with E-state index >= 15 is 0 Å². The predicted molar refractivity (Wildman–Crippen MR) is 91.3 cm³/mol. The van der Waals surface area contributed by atoms with Crippen LogP contribution in [0.3, 0.4) is 0 Å². The van der Waals surface area contributed by atoms with E-state index in [-0.39, 0.29) is 0 Å². The average molecular weight is 318 g/mol. The Balaban J connectivity index is 1.84. The fraction of sp³-hybridized carbons (Fsp3) is 0.471. The molecule has 0 aliphatic carbocycles. The van der Waals surface area contributed by atoms with Crippen molar-refractivity contribution in [3.05, 3.63) is 23.6 Å². The standard InChI is InChI=1S/C17H22N2O2S/c1-12-6-8-19(9-7-12)17-18-15(11-22-17)14-5-4-13(20-2)10-16(14)21-3/h4-5,10-12H,6-9H2,1-3H3. The van der Waals surface area contributed by atoms with E-state index in [2.05, 4.69) is 17.2 Å². The van der Waals surface area contributed by atoms with Crippen LogP contribution < -0.4 is 14.4 Å². The van der Waals surface area contributed by atoms with Crippen LogP contribution >= 0.6 is 11.3 Å². The summed E-state index contributed by atoms with van der Waals surface area (Å²) in [5, 5.41) is 3.22. The molecule has 0 saturated carbocycles. The third-order valence-electron chi connectivity index (χ3n) is 4.23. The summed E-state index contributed by atoms with van der Waals surface area (Å²) < 4.78 is 10.7. The molecule has 0 radical (unpaired) electrons. The van der Waals surface area contributed by atoms with Crippen LogP contribution in [-0.4, -0.2) is 32.3 Å². The SMILES string of the molecule is COc1ccc(-c2csc(N3CCC(C)CC3)n2)c(OC)c1. The number of hydrogen-bond acceptors (Lipinski definition) is 5. The molecule has 0 amide bonds. The zero-order chi connectivity index (χ0) is 15.5. The number of anilines is 1. The molecule has 1 aliphatic rings. The molecule has 3 rings (SSSR count). The summed E-state index contributed by atoms with van der Waals surface area (Å²) in [7, 11) is 3.34. The molecule has 0 atom stereocenters. The molecule has 1 aromatic carbocycles. The Morgan fingerprint density at radius 2 is 1.95 bits per heavy atom. The van der Waals surface area contributed by atoms with Crippen molar-refractivity contribution in [3.63, 3.8) is 0 Å². The summed E-state index contributed by atoms with van der Waals surface area (Å²) in [5.74, 6) is 2.42. The van der Waals surface area contributed by atoms with Gasteiger partial charge in [-0.1, -0.05) is 6.92 Å². The van der Waals surface area contributed by atoms with Gasteiger partial charge in [0.15, 0.2) is 5.13 Å². The molecule has 0 N–H and O–H groups in total. The number of methoxy groups -OCH3 is 2. The van der Waals surface area contributed by atoms with Crippen LogP contribution in [0.25, 0.3) is 11.3 Å². The van der Waals surface area contributed by atoms with Crippen LogP contribution in [0, 0.1) is 5.92 Å². The number of rotatable bonds is 4. The fourth-order valence-corrected chi connectivity index (χ4v) is 3.62. The summed E-state index contributed by atoms with van der Waals surface area (Å²) in [6, 6.07) is 5.85. The van der Waals surface area contributed by atoms with Crippen molar-refractivity contribution in [1.29, 1.82) is 0 Å². The Hall–Kier alpha value is -1.75. The highest BCUT2D eigenvalue weighted by Gasteiger charge is 2.19. The van der Waals surface area contributed by atoms with Gasteiger partial charge >= 0.3 is 0 Å². The summed E-state index contributed by atoms with van der Waals surface area (Å²) in [6.07, 6.45) is 2.50. The lowest BCUT2D eigenvalue weighted by molar-refractivity contribution is 0.395. The normalized spacial score (nSPS) is 15.9. The summed E-state index contributed by atoms with van der Waals surface area (Å²) >= 11 is 1.71. The van der Waals surface area contributed by atoms with Gasteiger partial charge in [0, 0.05) is 30.1 Å². The van der Waals surface area contributed by atoms with E-state index in [1.807, 2.05) is 18.2 Å². The third-order valence-corrected chi connectivity index (χ3v) is 5.13.